The zero-order valence-corrected chi connectivity index (χ0v) is 20.3. The number of esters is 1. The second-order valence-corrected chi connectivity index (χ2v) is 8.65. The van der Waals surface area contributed by atoms with Crippen molar-refractivity contribution in [1.82, 2.24) is 4.98 Å². The van der Waals surface area contributed by atoms with Crippen molar-refractivity contribution >= 4 is 40.3 Å². The van der Waals surface area contributed by atoms with Gasteiger partial charge in [0.25, 0.3) is 0 Å². The van der Waals surface area contributed by atoms with Gasteiger partial charge in [-0.25, -0.2) is 13.8 Å². The normalized spacial score (nSPS) is 12.7. The van der Waals surface area contributed by atoms with Crippen LogP contribution in [0.15, 0.2) is 48.5 Å². The molecule has 0 aliphatic carbocycles. The Kier molecular flexibility index (Phi) is 8.28. The van der Waals surface area contributed by atoms with Gasteiger partial charge in [-0.15, -0.1) is 0 Å². The predicted molar refractivity (Wildman–Crippen MR) is 130 cm³/mol. The number of pyridine rings is 1. The van der Waals surface area contributed by atoms with Gasteiger partial charge in [-0.3, -0.25) is 24.1 Å². The van der Waals surface area contributed by atoms with E-state index in [0.29, 0.717) is 17.0 Å². The Morgan fingerprint density at radius 1 is 1.05 bits per heavy atom. The molecule has 3 rings (SSSR count). The van der Waals surface area contributed by atoms with Gasteiger partial charge in [0.2, 0.25) is 11.7 Å². The fourth-order valence-electron chi connectivity index (χ4n) is 3.67. The fraction of sp³-hybridized carbons (Fsp3) is 0.269. The molecule has 0 aliphatic heterocycles. The minimum atomic E-state index is -1.81. The highest BCUT2D eigenvalue weighted by molar-refractivity contribution is 6.10. The highest BCUT2D eigenvalue weighted by Gasteiger charge is 2.39. The second-order valence-electron chi connectivity index (χ2n) is 8.65. The quantitative estimate of drug-likeness (QED) is 0.252. The van der Waals surface area contributed by atoms with E-state index in [0.717, 1.165) is 17.9 Å². The first-order valence-electron chi connectivity index (χ1n) is 11.3. The molecule has 0 aliphatic rings. The van der Waals surface area contributed by atoms with Gasteiger partial charge in [0.05, 0.1) is 23.5 Å². The molecule has 1 aromatic heterocycles. The Labute approximate surface area is 210 Å². The van der Waals surface area contributed by atoms with Crippen molar-refractivity contribution in [1.29, 1.82) is 0 Å². The molecule has 0 saturated heterocycles. The van der Waals surface area contributed by atoms with E-state index >= 15 is 4.39 Å². The van der Waals surface area contributed by atoms with Crippen LogP contribution in [0.1, 0.15) is 37.6 Å². The molecule has 194 valence electrons. The average Bonchev–Trinajstić information content (AvgIpc) is 2.84. The first kappa shape index (κ1) is 27.3. The van der Waals surface area contributed by atoms with Crippen LogP contribution >= 0.6 is 0 Å². The number of carboxylic acid groups (broad SMARTS) is 1. The zero-order valence-electron chi connectivity index (χ0n) is 20.3. The maximum absolute atomic E-state index is 15.2. The standard InChI is InChI=1S/C26H25F2N3O6/c1-13(2)23(29)26(36)31(20-11-8-15-6-4-5-7-18(15)30-20)19(12-21(33)34)24(35)16-9-10-17(27)25(22(16)28)37-14(3)32/h4-11,13,19,23H,12,29H2,1-3H3,(H,33,34)/t19-,23-/m0/s1. The minimum absolute atomic E-state index is 0.0814. The Morgan fingerprint density at radius 3 is 2.35 bits per heavy atom. The third-order valence-corrected chi connectivity index (χ3v) is 5.61. The van der Waals surface area contributed by atoms with Gasteiger partial charge in [-0.1, -0.05) is 32.0 Å². The summed E-state index contributed by atoms with van der Waals surface area (Å²) in [5.41, 5.74) is 5.76. The number of nitrogens with two attached hydrogens (primary N) is 1. The maximum Gasteiger partial charge on any atom is 0.308 e. The first-order valence-corrected chi connectivity index (χ1v) is 11.3. The molecule has 2 aromatic carbocycles. The van der Waals surface area contributed by atoms with Gasteiger partial charge >= 0.3 is 11.9 Å². The molecule has 0 spiro atoms. The SMILES string of the molecule is CC(=O)Oc1c(F)ccc(C(=O)[C@H](CC(=O)O)N(C(=O)[C@@H](N)C(C)C)c2ccc3ccccc3n2)c1F. The molecule has 9 nitrogen and oxygen atoms in total. The van der Waals surface area contributed by atoms with E-state index in [1.807, 2.05) is 0 Å². The van der Waals surface area contributed by atoms with Crippen LogP contribution in [0.25, 0.3) is 10.9 Å². The van der Waals surface area contributed by atoms with Crippen LogP contribution in [-0.2, 0) is 14.4 Å². The number of rotatable bonds is 9. The number of aromatic nitrogens is 1. The van der Waals surface area contributed by atoms with Crippen LogP contribution in [0.2, 0.25) is 0 Å². The smallest absolute Gasteiger partial charge is 0.308 e. The van der Waals surface area contributed by atoms with Gasteiger partial charge in [-0.05, 0) is 36.2 Å². The van der Waals surface area contributed by atoms with Gasteiger partial charge in [0.15, 0.2) is 17.4 Å². The van der Waals surface area contributed by atoms with Crippen molar-refractivity contribution < 1.29 is 37.8 Å². The molecule has 2 atom stereocenters. The number of nitrogens with zero attached hydrogens (tertiary/aromatic N) is 2. The summed E-state index contributed by atoms with van der Waals surface area (Å²) in [5, 5.41) is 10.3. The number of carbonyl (C=O) groups is 4. The monoisotopic (exact) mass is 513 g/mol. The minimum Gasteiger partial charge on any atom is -0.481 e. The van der Waals surface area contributed by atoms with Crippen molar-refractivity contribution in [3.63, 3.8) is 0 Å². The number of Topliss-reactive ketones (excluding diaryl/α,β-unsaturated/α-hetero) is 1. The lowest BCUT2D eigenvalue weighted by Gasteiger charge is -2.32. The number of amides is 1. The number of carboxylic acids is 1. The zero-order chi connectivity index (χ0) is 27.4. The average molecular weight is 513 g/mol. The van der Waals surface area contributed by atoms with E-state index in [4.69, 9.17) is 5.73 Å². The summed E-state index contributed by atoms with van der Waals surface area (Å²) in [5.74, 6) is -8.87. The molecule has 11 heteroatoms. The van der Waals surface area contributed by atoms with Crippen molar-refractivity contribution in [2.75, 3.05) is 4.90 Å². The number of benzene rings is 2. The molecule has 0 fully saturated rings. The van der Waals surface area contributed by atoms with E-state index in [2.05, 4.69) is 9.72 Å². The Morgan fingerprint density at radius 2 is 1.73 bits per heavy atom. The van der Waals surface area contributed by atoms with Crippen molar-refractivity contribution in [3.8, 4) is 5.75 Å². The number of anilines is 1. The lowest BCUT2D eigenvalue weighted by molar-refractivity contribution is -0.137. The summed E-state index contributed by atoms with van der Waals surface area (Å²) in [7, 11) is 0. The summed E-state index contributed by atoms with van der Waals surface area (Å²) >= 11 is 0. The van der Waals surface area contributed by atoms with Crippen LogP contribution < -0.4 is 15.4 Å². The third-order valence-electron chi connectivity index (χ3n) is 5.61. The molecule has 0 unspecified atom stereocenters. The van der Waals surface area contributed by atoms with E-state index in [9.17, 15) is 28.7 Å². The summed E-state index contributed by atoms with van der Waals surface area (Å²) in [6.07, 6.45) is -0.941. The molecule has 0 radical (unpaired) electrons. The summed E-state index contributed by atoms with van der Waals surface area (Å²) < 4.78 is 33.9. The van der Waals surface area contributed by atoms with Gasteiger partial charge in [0.1, 0.15) is 11.9 Å². The van der Waals surface area contributed by atoms with Crippen molar-refractivity contribution in [3.05, 3.63) is 65.7 Å². The van der Waals surface area contributed by atoms with E-state index < -0.39 is 71.0 Å². The van der Waals surface area contributed by atoms with E-state index in [1.54, 1.807) is 44.2 Å². The lowest BCUT2D eigenvalue weighted by Crippen LogP contribution is -2.54. The number of aliphatic carboxylic acids is 1. The molecule has 3 N–H and O–H groups in total. The lowest BCUT2D eigenvalue weighted by atomic mass is 9.96. The molecule has 1 heterocycles. The largest absolute Gasteiger partial charge is 0.481 e. The summed E-state index contributed by atoms with van der Waals surface area (Å²) in [6.45, 7) is 4.24. The van der Waals surface area contributed by atoms with Crippen LogP contribution in [0.4, 0.5) is 14.6 Å². The molecular weight excluding hydrogens is 488 g/mol. The number of halogens is 2. The number of para-hydroxylation sites is 1. The predicted octanol–water partition coefficient (Wildman–Crippen LogP) is 3.48. The Hall–Kier alpha value is -4.25. The Balaban J connectivity index is 2.22. The number of hydrogen-bond donors (Lipinski definition) is 2. The van der Waals surface area contributed by atoms with Crippen molar-refractivity contribution in [2.24, 2.45) is 11.7 Å². The van der Waals surface area contributed by atoms with Gasteiger partial charge < -0.3 is 15.6 Å². The number of carbonyl (C=O) groups excluding carboxylic acids is 3. The molecule has 3 aromatic rings. The number of hydrogen-bond acceptors (Lipinski definition) is 7. The summed E-state index contributed by atoms with van der Waals surface area (Å²) in [4.78, 5) is 55.5. The number of fused-ring (bicyclic) bond motifs is 1. The highest BCUT2D eigenvalue weighted by Crippen LogP contribution is 2.29. The fourth-order valence-corrected chi connectivity index (χ4v) is 3.67. The van der Waals surface area contributed by atoms with Gasteiger partial charge in [0, 0.05) is 12.3 Å². The van der Waals surface area contributed by atoms with Gasteiger partial charge in [-0.2, -0.15) is 0 Å². The van der Waals surface area contributed by atoms with Crippen LogP contribution in [0.5, 0.6) is 5.75 Å². The molecule has 1 amide bonds. The van der Waals surface area contributed by atoms with Crippen molar-refractivity contribution in [2.45, 2.75) is 39.3 Å². The molecule has 0 saturated carbocycles. The third kappa shape index (κ3) is 5.95. The molecular formula is C26H25F2N3O6. The molecule has 37 heavy (non-hydrogen) atoms. The van der Waals surface area contributed by atoms with Crippen LogP contribution in [0, 0.1) is 17.6 Å². The first-order chi connectivity index (χ1) is 17.4. The Bertz CT molecular complexity index is 1380. The van der Waals surface area contributed by atoms with E-state index in [1.165, 1.54) is 6.07 Å². The number of ether oxygens (including phenoxy) is 1. The summed E-state index contributed by atoms with van der Waals surface area (Å²) in [6, 6.07) is 8.46. The number of ketones is 1. The van der Waals surface area contributed by atoms with Crippen LogP contribution in [0.3, 0.4) is 0 Å². The maximum atomic E-state index is 15.2. The highest BCUT2D eigenvalue weighted by atomic mass is 19.1. The van der Waals surface area contributed by atoms with E-state index in [-0.39, 0.29) is 5.82 Å². The molecule has 0 bridgehead atoms. The van der Waals surface area contributed by atoms with Crippen LogP contribution in [-0.4, -0.2) is 45.8 Å². The second kappa shape index (κ2) is 11.2. The topological polar surface area (TPSA) is 140 Å².